The fraction of sp³-hybridized carbons (Fsp3) is 0.772. The van der Waals surface area contributed by atoms with Crippen molar-refractivity contribution in [2.24, 2.45) is 0 Å². The molecule has 384 valence electrons. The quantitative estimate of drug-likeness (QED) is 0.0243. The maximum absolute atomic E-state index is 13.0. The van der Waals surface area contributed by atoms with Gasteiger partial charge in [0.25, 0.3) is 0 Å². The molecule has 1 amide bonds. The van der Waals surface area contributed by atoms with Crippen molar-refractivity contribution in [3.63, 3.8) is 0 Å². The predicted molar refractivity (Wildman–Crippen MR) is 286 cm³/mol. The third-order valence-corrected chi connectivity index (χ3v) is 12.9. The van der Waals surface area contributed by atoms with Crippen LogP contribution in [0.1, 0.15) is 232 Å². The van der Waals surface area contributed by atoms with E-state index in [0.29, 0.717) is 17.4 Å². The Labute approximate surface area is 408 Å². The number of aliphatic hydroxyl groups excluding tert-OH is 1. The Bertz CT molecular complexity index is 1300. The van der Waals surface area contributed by atoms with Gasteiger partial charge in [-0.25, -0.2) is 4.57 Å². The topological polar surface area (TPSA) is 105 Å². The van der Waals surface area contributed by atoms with Gasteiger partial charge in [0.15, 0.2) is 0 Å². The first kappa shape index (κ1) is 63.9. The number of phosphoric ester groups is 1. The van der Waals surface area contributed by atoms with Crippen LogP contribution in [0.4, 0.5) is 0 Å². The number of carbonyl (C=O) groups excluding carboxylic acids is 1. The van der Waals surface area contributed by atoms with E-state index in [-0.39, 0.29) is 19.1 Å². The number of rotatable bonds is 49. The molecule has 0 aliphatic rings. The van der Waals surface area contributed by atoms with Gasteiger partial charge in [-0.15, -0.1) is 0 Å². The fourth-order valence-electron chi connectivity index (χ4n) is 7.64. The van der Waals surface area contributed by atoms with Crippen LogP contribution in [-0.2, 0) is 18.4 Å². The molecule has 66 heavy (non-hydrogen) atoms. The van der Waals surface area contributed by atoms with Crippen LogP contribution in [0, 0.1) is 0 Å². The van der Waals surface area contributed by atoms with E-state index in [0.717, 1.165) is 64.2 Å². The number of quaternary nitrogens is 1. The number of amides is 1. The van der Waals surface area contributed by atoms with Crippen molar-refractivity contribution in [3.05, 3.63) is 72.9 Å². The molecule has 0 rings (SSSR count). The van der Waals surface area contributed by atoms with Crippen molar-refractivity contribution in [3.8, 4) is 0 Å². The fourth-order valence-corrected chi connectivity index (χ4v) is 8.37. The zero-order valence-corrected chi connectivity index (χ0v) is 44.6. The molecule has 3 unspecified atom stereocenters. The van der Waals surface area contributed by atoms with E-state index in [2.05, 4.69) is 79.9 Å². The van der Waals surface area contributed by atoms with Crippen LogP contribution in [0.25, 0.3) is 0 Å². The Morgan fingerprint density at radius 3 is 1.39 bits per heavy atom. The first-order chi connectivity index (χ1) is 32.0. The van der Waals surface area contributed by atoms with Gasteiger partial charge in [-0.2, -0.15) is 0 Å². The van der Waals surface area contributed by atoms with E-state index in [1.807, 2.05) is 27.2 Å². The van der Waals surface area contributed by atoms with E-state index >= 15 is 0 Å². The summed E-state index contributed by atoms with van der Waals surface area (Å²) in [4.78, 5) is 23.3. The largest absolute Gasteiger partial charge is 0.472 e. The molecular weight excluding hydrogens is 840 g/mol. The Morgan fingerprint density at radius 1 is 0.530 bits per heavy atom. The number of hydrogen-bond acceptors (Lipinski definition) is 5. The SMILES string of the molecule is CC/C=C\C/C=C\C/C=C\C/C=C\CCCCCCCCCCCCC(=O)NC(COP(=O)(O)OCC[N+](C)(C)C)C(O)/C=C/CC/C=C/CCCCCCCCCCCCCCCCC. The summed E-state index contributed by atoms with van der Waals surface area (Å²) < 4.78 is 23.7. The van der Waals surface area contributed by atoms with E-state index < -0.39 is 20.0 Å². The van der Waals surface area contributed by atoms with Crippen LogP contribution in [0.5, 0.6) is 0 Å². The Morgan fingerprint density at radius 2 is 0.924 bits per heavy atom. The van der Waals surface area contributed by atoms with Gasteiger partial charge in [0, 0.05) is 6.42 Å². The van der Waals surface area contributed by atoms with Crippen molar-refractivity contribution in [1.82, 2.24) is 5.32 Å². The van der Waals surface area contributed by atoms with Gasteiger partial charge in [-0.3, -0.25) is 13.8 Å². The summed E-state index contributed by atoms with van der Waals surface area (Å²) in [6.45, 7) is 4.69. The van der Waals surface area contributed by atoms with Crippen LogP contribution >= 0.6 is 7.82 Å². The molecule has 3 atom stereocenters. The van der Waals surface area contributed by atoms with Gasteiger partial charge >= 0.3 is 7.82 Å². The lowest BCUT2D eigenvalue weighted by Gasteiger charge is -2.25. The second-order valence-corrected chi connectivity index (χ2v) is 21.0. The standard InChI is InChI=1S/C57H105N2O6P/c1-6-8-10-12-14-16-18-20-22-24-26-28-29-31-33-35-37-39-41-43-45-47-49-51-57(61)58-55(54-65-66(62,63)64-53-52-59(3,4)5)56(60)50-48-46-44-42-40-38-36-34-32-30-27-25-23-21-19-17-15-13-11-9-7-2/h8,10,14,16,20,22,26,28,40,42,48,50,55-56,60H,6-7,9,11-13,15,17-19,21,23-25,27,29-39,41,43-47,49,51-54H2,1-5H3,(H-,58,61,62,63)/p+1/b10-8-,16-14-,22-20-,28-26-,42-40+,50-48+. The molecule has 0 aliphatic heterocycles. The molecule has 0 aliphatic carbocycles. The zero-order chi connectivity index (χ0) is 48.5. The van der Waals surface area contributed by atoms with Crippen molar-refractivity contribution < 1.29 is 32.9 Å². The predicted octanol–water partition coefficient (Wildman–Crippen LogP) is 16.3. The minimum absolute atomic E-state index is 0.0526. The van der Waals surface area contributed by atoms with Crippen LogP contribution < -0.4 is 5.32 Å². The first-order valence-corrected chi connectivity index (χ1v) is 28.8. The lowest BCUT2D eigenvalue weighted by molar-refractivity contribution is -0.870. The number of hydrogen-bond donors (Lipinski definition) is 3. The number of nitrogens with one attached hydrogen (secondary N) is 1. The lowest BCUT2D eigenvalue weighted by Crippen LogP contribution is -2.45. The second-order valence-electron chi connectivity index (χ2n) is 19.6. The lowest BCUT2D eigenvalue weighted by atomic mass is 10.0. The van der Waals surface area contributed by atoms with Crippen molar-refractivity contribution in [2.75, 3.05) is 40.9 Å². The highest BCUT2D eigenvalue weighted by molar-refractivity contribution is 7.47. The number of allylic oxidation sites excluding steroid dienone is 11. The minimum Gasteiger partial charge on any atom is -0.387 e. The summed E-state index contributed by atoms with van der Waals surface area (Å²) in [6.07, 6.45) is 65.6. The Hall–Kier alpha value is -2.06. The van der Waals surface area contributed by atoms with E-state index in [1.54, 1.807) is 6.08 Å². The molecule has 0 bridgehead atoms. The van der Waals surface area contributed by atoms with Gasteiger partial charge in [0.2, 0.25) is 5.91 Å². The summed E-state index contributed by atoms with van der Waals surface area (Å²) in [6, 6.07) is -0.870. The number of carbonyl (C=O) groups is 1. The molecule has 0 aromatic heterocycles. The van der Waals surface area contributed by atoms with Crippen LogP contribution in [-0.4, -0.2) is 73.4 Å². The number of unbranched alkanes of at least 4 members (excludes halogenated alkanes) is 26. The highest BCUT2D eigenvalue weighted by Crippen LogP contribution is 2.43. The van der Waals surface area contributed by atoms with E-state index in [1.165, 1.54) is 148 Å². The van der Waals surface area contributed by atoms with E-state index in [4.69, 9.17) is 9.05 Å². The number of phosphoric acid groups is 1. The van der Waals surface area contributed by atoms with Gasteiger partial charge in [-0.1, -0.05) is 228 Å². The molecule has 0 heterocycles. The zero-order valence-electron chi connectivity index (χ0n) is 43.7. The molecule has 3 N–H and O–H groups in total. The smallest absolute Gasteiger partial charge is 0.387 e. The first-order valence-electron chi connectivity index (χ1n) is 27.3. The highest BCUT2D eigenvalue weighted by atomic mass is 31.2. The molecule has 0 saturated carbocycles. The van der Waals surface area contributed by atoms with Gasteiger partial charge < -0.3 is 19.8 Å². The van der Waals surface area contributed by atoms with E-state index in [9.17, 15) is 19.4 Å². The summed E-state index contributed by atoms with van der Waals surface area (Å²) in [5, 5.41) is 13.9. The molecule has 0 saturated heterocycles. The molecule has 0 fully saturated rings. The minimum atomic E-state index is -4.36. The average Bonchev–Trinajstić information content (AvgIpc) is 3.28. The molecule has 9 heteroatoms. The van der Waals surface area contributed by atoms with Crippen LogP contribution in [0.3, 0.4) is 0 Å². The Balaban J connectivity index is 4.32. The normalized spacial score (nSPS) is 14.6. The van der Waals surface area contributed by atoms with Crippen molar-refractivity contribution >= 4 is 13.7 Å². The number of nitrogens with zero attached hydrogens (tertiary/aromatic N) is 1. The summed E-state index contributed by atoms with van der Waals surface area (Å²) in [7, 11) is 1.55. The van der Waals surface area contributed by atoms with Gasteiger partial charge in [0.05, 0.1) is 39.9 Å². The monoisotopic (exact) mass is 946 g/mol. The maximum atomic E-state index is 13.0. The average molecular weight is 946 g/mol. The second kappa shape index (κ2) is 48.0. The van der Waals surface area contributed by atoms with Crippen molar-refractivity contribution in [1.29, 1.82) is 0 Å². The van der Waals surface area contributed by atoms with Crippen molar-refractivity contribution in [2.45, 2.75) is 244 Å². The van der Waals surface area contributed by atoms with Crippen LogP contribution in [0.2, 0.25) is 0 Å². The Kier molecular flexibility index (Phi) is 46.5. The van der Waals surface area contributed by atoms with Gasteiger partial charge in [-0.05, 0) is 70.6 Å². The maximum Gasteiger partial charge on any atom is 0.472 e. The third kappa shape index (κ3) is 49.8. The molecule has 0 aromatic rings. The highest BCUT2D eigenvalue weighted by Gasteiger charge is 2.27. The molecular formula is C57H106N2O6P+. The molecule has 8 nitrogen and oxygen atoms in total. The number of likely N-dealkylation sites (N-methyl/N-ethyl adjacent to an activating group) is 1. The summed E-state index contributed by atoms with van der Waals surface area (Å²) in [5.41, 5.74) is 0. The molecule has 0 aromatic carbocycles. The third-order valence-electron chi connectivity index (χ3n) is 11.9. The molecule has 0 radical (unpaired) electrons. The summed E-state index contributed by atoms with van der Waals surface area (Å²) in [5.74, 6) is -0.193. The van der Waals surface area contributed by atoms with Gasteiger partial charge in [0.1, 0.15) is 13.2 Å². The summed E-state index contributed by atoms with van der Waals surface area (Å²) >= 11 is 0. The van der Waals surface area contributed by atoms with Crippen LogP contribution in [0.15, 0.2) is 72.9 Å². The number of aliphatic hydroxyl groups is 1. The molecule has 0 spiro atoms.